The van der Waals surface area contributed by atoms with Gasteiger partial charge >= 0.3 is 0 Å². The van der Waals surface area contributed by atoms with E-state index in [9.17, 15) is 0 Å². The fourth-order valence-electron chi connectivity index (χ4n) is 4.10. The lowest BCUT2D eigenvalue weighted by Crippen LogP contribution is -2.41. The van der Waals surface area contributed by atoms with Gasteiger partial charge in [-0.25, -0.2) is 0 Å². The van der Waals surface area contributed by atoms with Crippen LogP contribution in [-0.2, 0) is 4.74 Å². The lowest BCUT2D eigenvalue weighted by atomic mass is 9.87. The van der Waals surface area contributed by atoms with Gasteiger partial charge in [0, 0.05) is 44.1 Å². The van der Waals surface area contributed by atoms with Crippen molar-refractivity contribution in [3.8, 4) is 0 Å². The van der Waals surface area contributed by atoms with Crippen molar-refractivity contribution in [3.63, 3.8) is 0 Å². The molecule has 1 N–H and O–H groups in total. The van der Waals surface area contributed by atoms with Gasteiger partial charge in [-0.1, -0.05) is 44.2 Å². The van der Waals surface area contributed by atoms with E-state index in [1.54, 1.807) is 0 Å². The summed E-state index contributed by atoms with van der Waals surface area (Å²) in [6.45, 7) is 12.5. The van der Waals surface area contributed by atoms with Crippen LogP contribution in [-0.4, -0.2) is 50.3 Å². The van der Waals surface area contributed by atoms with Gasteiger partial charge in [0.05, 0.1) is 6.61 Å². The highest BCUT2D eigenvalue weighted by Gasteiger charge is 2.42. The lowest BCUT2D eigenvalue weighted by Gasteiger charge is -2.26. The van der Waals surface area contributed by atoms with Crippen LogP contribution in [0.15, 0.2) is 35.3 Å². The van der Waals surface area contributed by atoms with Crippen molar-refractivity contribution in [2.24, 2.45) is 16.3 Å². The Morgan fingerprint density at radius 1 is 1.27 bits per heavy atom. The molecule has 1 aromatic rings. The maximum Gasteiger partial charge on any atom is 0.193 e. The molecule has 0 amide bonds. The quantitative estimate of drug-likeness (QED) is 0.399. The Morgan fingerprint density at radius 3 is 2.65 bits per heavy atom. The Labute approximate surface area is 175 Å². The molecule has 1 aromatic carbocycles. The molecule has 2 aliphatic rings. The fraction of sp³-hybridized carbons (Fsp3) is 0.667. The van der Waals surface area contributed by atoms with Crippen molar-refractivity contribution in [1.82, 2.24) is 10.2 Å². The molecule has 0 saturated carbocycles. The van der Waals surface area contributed by atoms with Crippen molar-refractivity contribution in [2.75, 3.05) is 39.4 Å². The summed E-state index contributed by atoms with van der Waals surface area (Å²) in [5, 5.41) is 3.51. The van der Waals surface area contributed by atoms with E-state index in [4.69, 9.17) is 9.73 Å². The minimum absolute atomic E-state index is 0. The summed E-state index contributed by atoms with van der Waals surface area (Å²) in [7, 11) is 0. The number of halogens is 1. The first-order valence-corrected chi connectivity index (χ1v) is 9.79. The summed E-state index contributed by atoms with van der Waals surface area (Å²) in [5.41, 5.74) is 1.76. The monoisotopic (exact) mass is 471 g/mol. The van der Waals surface area contributed by atoms with E-state index in [-0.39, 0.29) is 24.0 Å². The maximum absolute atomic E-state index is 5.67. The molecule has 2 atom stereocenters. The van der Waals surface area contributed by atoms with Crippen molar-refractivity contribution >= 4 is 29.9 Å². The highest BCUT2D eigenvalue weighted by molar-refractivity contribution is 14.0. The standard InChI is InChI=1S/C21H33N3O.HI/c1-4-22-20(24-12-10-21(15-24)11-13-25-16-21)23-14-19(17(2)3)18-8-6-5-7-9-18;/h5-9,17,19H,4,10-16H2,1-3H3,(H,22,23);1H. The number of guanidine groups is 1. The van der Waals surface area contributed by atoms with Gasteiger partial charge in [0.15, 0.2) is 5.96 Å². The van der Waals surface area contributed by atoms with E-state index in [2.05, 4.69) is 61.3 Å². The third-order valence-electron chi connectivity index (χ3n) is 5.73. The van der Waals surface area contributed by atoms with Crippen LogP contribution >= 0.6 is 24.0 Å². The number of rotatable bonds is 5. The molecule has 0 aromatic heterocycles. The van der Waals surface area contributed by atoms with Gasteiger partial charge in [0.1, 0.15) is 0 Å². The van der Waals surface area contributed by atoms with E-state index >= 15 is 0 Å². The van der Waals surface area contributed by atoms with Gasteiger partial charge in [-0.3, -0.25) is 4.99 Å². The first kappa shape index (κ1) is 21.5. The number of hydrogen-bond donors (Lipinski definition) is 1. The van der Waals surface area contributed by atoms with Crippen molar-refractivity contribution < 1.29 is 4.74 Å². The summed E-state index contributed by atoms with van der Waals surface area (Å²) in [4.78, 5) is 7.48. The second-order valence-electron chi connectivity index (χ2n) is 7.93. The summed E-state index contributed by atoms with van der Waals surface area (Å²) >= 11 is 0. The van der Waals surface area contributed by atoms with Crippen LogP contribution in [0.2, 0.25) is 0 Å². The minimum atomic E-state index is 0. The van der Waals surface area contributed by atoms with Gasteiger partial charge in [-0.2, -0.15) is 0 Å². The maximum atomic E-state index is 5.67. The number of aliphatic imine (C=N–C) groups is 1. The number of nitrogens with zero attached hydrogens (tertiary/aromatic N) is 2. The van der Waals surface area contributed by atoms with E-state index in [0.717, 1.165) is 45.4 Å². The van der Waals surface area contributed by atoms with Crippen LogP contribution in [0.1, 0.15) is 45.1 Å². The van der Waals surface area contributed by atoms with E-state index in [1.165, 1.54) is 18.4 Å². The van der Waals surface area contributed by atoms with Crippen LogP contribution in [0.5, 0.6) is 0 Å². The molecule has 26 heavy (non-hydrogen) atoms. The van der Waals surface area contributed by atoms with Crippen LogP contribution in [0.25, 0.3) is 0 Å². The number of likely N-dealkylation sites (tertiary alicyclic amines) is 1. The Hall–Kier alpha value is -0.820. The molecule has 4 nitrogen and oxygen atoms in total. The van der Waals surface area contributed by atoms with Gasteiger partial charge in [-0.05, 0) is 31.2 Å². The zero-order valence-corrected chi connectivity index (χ0v) is 18.7. The molecule has 2 aliphatic heterocycles. The average molecular weight is 471 g/mol. The SMILES string of the molecule is CCNC(=NCC(c1ccccc1)C(C)C)N1CCC2(CCOC2)C1.I. The van der Waals surface area contributed by atoms with Gasteiger partial charge in [-0.15, -0.1) is 24.0 Å². The zero-order chi connectivity index (χ0) is 17.7. The van der Waals surface area contributed by atoms with Gasteiger partial charge < -0.3 is 15.0 Å². The molecule has 0 aliphatic carbocycles. The van der Waals surface area contributed by atoms with Gasteiger partial charge in [0.2, 0.25) is 0 Å². The van der Waals surface area contributed by atoms with Crippen molar-refractivity contribution in [2.45, 2.75) is 39.5 Å². The van der Waals surface area contributed by atoms with Gasteiger partial charge in [0.25, 0.3) is 0 Å². The molecule has 146 valence electrons. The lowest BCUT2D eigenvalue weighted by molar-refractivity contribution is 0.156. The Kier molecular flexibility index (Phi) is 8.20. The number of nitrogens with one attached hydrogen (secondary N) is 1. The smallest absolute Gasteiger partial charge is 0.193 e. The number of hydrogen-bond acceptors (Lipinski definition) is 2. The molecule has 2 fully saturated rings. The average Bonchev–Trinajstić information content (AvgIpc) is 3.25. The predicted molar refractivity (Wildman–Crippen MR) is 119 cm³/mol. The molecule has 0 radical (unpaired) electrons. The normalized spacial score (nSPS) is 24.2. The van der Waals surface area contributed by atoms with Crippen molar-refractivity contribution in [3.05, 3.63) is 35.9 Å². The molecule has 2 saturated heterocycles. The van der Waals surface area contributed by atoms with E-state index < -0.39 is 0 Å². The first-order valence-electron chi connectivity index (χ1n) is 9.79. The van der Waals surface area contributed by atoms with Crippen LogP contribution in [0.3, 0.4) is 0 Å². The largest absolute Gasteiger partial charge is 0.381 e. The zero-order valence-electron chi connectivity index (χ0n) is 16.4. The van der Waals surface area contributed by atoms with Crippen LogP contribution in [0.4, 0.5) is 0 Å². The second kappa shape index (κ2) is 9.93. The van der Waals surface area contributed by atoms with E-state index in [1.807, 2.05) is 0 Å². The van der Waals surface area contributed by atoms with Crippen molar-refractivity contribution in [1.29, 1.82) is 0 Å². The Bertz CT molecular complexity index is 570. The Morgan fingerprint density at radius 2 is 2.04 bits per heavy atom. The molecule has 0 bridgehead atoms. The fourth-order valence-corrected chi connectivity index (χ4v) is 4.10. The third kappa shape index (κ3) is 5.12. The highest BCUT2D eigenvalue weighted by atomic mass is 127. The molecular weight excluding hydrogens is 437 g/mol. The third-order valence-corrected chi connectivity index (χ3v) is 5.73. The molecular formula is C21H34IN3O. The predicted octanol–water partition coefficient (Wildman–Crippen LogP) is 4.12. The topological polar surface area (TPSA) is 36.9 Å². The Balaban J connectivity index is 0.00000243. The summed E-state index contributed by atoms with van der Waals surface area (Å²) < 4.78 is 5.67. The van der Waals surface area contributed by atoms with E-state index in [0.29, 0.717) is 17.3 Å². The molecule has 1 spiro atoms. The first-order chi connectivity index (χ1) is 12.1. The van der Waals surface area contributed by atoms with Crippen LogP contribution < -0.4 is 5.32 Å². The summed E-state index contributed by atoms with van der Waals surface area (Å²) in [6, 6.07) is 10.8. The molecule has 5 heteroatoms. The number of ether oxygens (including phenoxy) is 1. The highest BCUT2D eigenvalue weighted by Crippen LogP contribution is 2.38. The molecule has 2 unspecified atom stereocenters. The molecule has 3 rings (SSSR count). The second-order valence-corrected chi connectivity index (χ2v) is 7.93. The minimum Gasteiger partial charge on any atom is -0.381 e. The molecule has 2 heterocycles. The number of benzene rings is 1. The van der Waals surface area contributed by atoms with Crippen LogP contribution in [0, 0.1) is 11.3 Å². The summed E-state index contributed by atoms with van der Waals surface area (Å²) in [5.74, 6) is 2.11. The summed E-state index contributed by atoms with van der Waals surface area (Å²) in [6.07, 6.45) is 2.42.